The normalized spacial score (nSPS) is 8.82. The number of nitrogens with zero attached hydrogens (tertiary/aromatic N) is 1. The summed E-state index contributed by atoms with van der Waals surface area (Å²) in [7, 11) is 0. The van der Waals surface area contributed by atoms with Crippen LogP contribution in [0.2, 0.25) is 0 Å². The lowest BCUT2D eigenvalue weighted by Crippen LogP contribution is -2.39. The van der Waals surface area contributed by atoms with Crippen LogP contribution in [-0.2, 0) is 0 Å². The zero-order valence-corrected chi connectivity index (χ0v) is 6.29. The van der Waals surface area contributed by atoms with Gasteiger partial charge in [0.15, 0.2) is 5.03 Å². The van der Waals surface area contributed by atoms with Crippen LogP contribution in [0.1, 0.15) is 19.8 Å². The third-order valence-corrected chi connectivity index (χ3v) is 1.01. The Labute approximate surface area is 64.1 Å². The van der Waals surface area contributed by atoms with Crippen LogP contribution in [0.3, 0.4) is 0 Å². The Kier molecular flexibility index (Phi) is 4.80. The maximum absolute atomic E-state index is 10.5. The molecule has 0 fully saturated rings. The Hall–Kier alpha value is -1.33. The molecule has 0 aromatic carbocycles. The third-order valence-electron chi connectivity index (χ3n) is 1.01. The molecule has 6 nitrogen and oxygen atoms in total. The van der Waals surface area contributed by atoms with E-state index in [1.807, 2.05) is 6.92 Å². The monoisotopic (exact) mass is 161 g/mol. The second-order valence-corrected chi connectivity index (χ2v) is 1.98. The number of rotatable bonds is 4. The molecule has 2 N–H and O–H groups in total. The SMILES string of the molecule is CCCCNC(=O)N[N+](=O)[O-]. The molecular formula is C5H11N3O3. The number of unbranched alkanes of at least 4 members (excludes halogenated alkanes) is 1. The van der Waals surface area contributed by atoms with Gasteiger partial charge in [-0.05, 0) is 6.42 Å². The molecule has 64 valence electrons. The molecule has 2 amide bonds. The van der Waals surface area contributed by atoms with Crippen LogP contribution >= 0.6 is 0 Å². The first-order valence-electron chi connectivity index (χ1n) is 3.35. The Balaban J connectivity index is 3.30. The average molecular weight is 161 g/mol. The molecule has 0 aliphatic rings. The number of carbonyl (C=O) groups excluding carboxylic acids is 1. The van der Waals surface area contributed by atoms with Crippen molar-refractivity contribution in [1.82, 2.24) is 10.7 Å². The van der Waals surface area contributed by atoms with E-state index in [4.69, 9.17) is 0 Å². The number of urea groups is 1. The van der Waals surface area contributed by atoms with Crippen molar-refractivity contribution in [2.75, 3.05) is 6.54 Å². The molecule has 6 heteroatoms. The van der Waals surface area contributed by atoms with Crippen LogP contribution in [0.15, 0.2) is 0 Å². The molecule has 0 spiro atoms. The molecule has 0 aliphatic heterocycles. The van der Waals surface area contributed by atoms with Gasteiger partial charge in [0.25, 0.3) is 0 Å². The van der Waals surface area contributed by atoms with E-state index in [0.717, 1.165) is 12.8 Å². The zero-order valence-electron chi connectivity index (χ0n) is 6.29. The fourth-order valence-corrected chi connectivity index (χ4v) is 0.501. The molecule has 0 rings (SSSR count). The largest absolute Gasteiger partial charge is 0.372 e. The van der Waals surface area contributed by atoms with Crippen molar-refractivity contribution in [3.05, 3.63) is 10.1 Å². The van der Waals surface area contributed by atoms with E-state index in [9.17, 15) is 14.9 Å². The van der Waals surface area contributed by atoms with Gasteiger partial charge < -0.3 is 5.32 Å². The van der Waals surface area contributed by atoms with E-state index in [1.165, 1.54) is 5.43 Å². The molecule has 0 bridgehead atoms. The quantitative estimate of drug-likeness (QED) is 0.352. The summed E-state index contributed by atoms with van der Waals surface area (Å²) in [5.74, 6) is 0. The lowest BCUT2D eigenvalue weighted by atomic mass is 10.3. The summed E-state index contributed by atoms with van der Waals surface area (Å²) in [5.41, 5.74) is 1.47. The Morgan fingerprint density at radius 1 is 1.64 bits per heavy atom. The van der Waals surface area contributed by atoms with E-state index in [-0.39, 0.29) is 0 Å². The smallest absolute Gasteiger partial charge is 0.334 e. The molecule has 0 saturated heterocycles. The maximum atomic E-state index is 10.5. The van der Waals surface area contributed by atoms with E-state index >= 15 is 0 Å². The van der Waals surface area contributed by atoms with Crippen molar-refractivity contribution >= 4 is 6.03 Å². The van der Waals surface area contributed by atoms with Gasteiger partial charge >= 0.3 is 6.03 Å². The summed E-state index contributed by atoms with van der Waals surface area (Å²) < 4.78 is 0. The van der Waals surface area contributed by atoms with Gasteiger partial charge in [-0.25, -0.2) is 14.9 Å². The predicted octanol–water partition coefficient (Wildman–Crippen LogP) is 0.277. The summed E-state index contributed by atoms with van der Waals surface area (Å²) in [5, 5.41) is 11.1. The van der Waals surface area contributed by atoms with Gasteiger partial charge in [-0.15, -0.1) is 0 Å². The van der Waals surface area contributed by atoms with Crippen LogP contribution < -0.4 is 10.7 Å². The summed E-state index contributed by atoms with van der Waals surface area (Å²) in [4.78, 5) is 20.1. The Morgan fingerprint density at radius 2 is 2.27 bits per heavy atom. The lowest BCUT2D eigenvalue weighted by Gasteiger charge is -1.99. The summed E-state index contributed by atoms with van der Waals surface area (Å²) in [6.07, 6.45) is 1.77. The third kappa shape index (κ3) is 6.56. The molecule has 0 aliphatic carbocycles. The number of hydrazine groups is 1. The van der Waals surface area contributed by atoms with Crippen molar-refractivity contribution in [3.8, 4) is 0 Å². The van der Waals surface area contributed by atoms with E-state index in [0.29, 0.717) is 6.54 Å². The second-order valence-electron chi connectivity index (χ2n) is 1.98. The van der Waals surface area contributed by atoms with Crippen LogP contribution in [0.4, 0.5) is 4.79 Å². The van der Waals surface area contributed by atoms with Crippen LogP contribution in [0.5, 0.6) is 0 Å². The van der Waals surface area contributed by atoms with Crippen molar-refractivity contribution < 1.29 is 9.83 Å². The summed E-state index contributed by atoms with van der Waals surface area (Å²) in [6.45, 7) is 2.43. The molecule has 0 atom stereocenters. The molecule has 11 heavy (non-hydrogen) atoms. The maximum Gasteiger partial charge on any atom is 0.372 e. The van der Waals surface area contributed by atoms with Gasteiger partial charge in [-0.2, -0.15) is 0 Å². The van der Waals surface area contributed by atoms with Gasteiger partial charge in [-0.1, -0.05) is 18.8 Å². The van der Waals surface area contributed by atoms with Crippen molar-refractivity contribution in [1.29, 1.82) is 0 Å². The predicted molar refractivity (Wildman–Crippen MR) is 38.4 cm³/mol. The minimum absolute atomic E-state index is 0.468. The van der Waals surface area contributed by atoms with Gasteiger partial charge in [0.1, 0.15) is 0 Å². The van der Waals surface area contributed by atoms with Crippen molar-refractivity contribution in [2.24, 2.45) is 0 Å². The number of hydrogen-bond acceptors (Lipinski definition) is 3. The first-order valence-corrected chi connectivity index (χ1v) is 3.35. The number of carbonyl (C=O) groups is 1. The molecule has 0 heterocycles. The minimum atomic E-state index is -0.888. The molecule has 0 aromatic rings. The highest BCUT2D eigenvalue weighted by Crippen LogP contribution is 1.81. The van der Waals surface area contributed by atoms with Crippen LogP contribution in [0, 0.1) is 10.1 Å². The van der Waals surface area contributed by atoms with E-state index in [1.54, 1.807) is 0 Å². The highest BCUT2D eigenvalue weighted by molar-refractivity contribution is 5.72. The van der Waals surface area contributed by atoms with Crippen LogP contribution in [-0.4, -0.2) is 17.6 Å². The van der Waals surface area contributed by atoms with Crippen LogP contribution in [0.25, 0.3) is 0 Å². The highest BCUT2D eigenvalue weighted by Gasteiger charge is 2.03. The first-order chi connectivity index (χ1) is 5.16. The van der Waals surface area contributed by atoms with E-state index < -0.39 is 11.1 Å². The standard InChI is InChI=1S/C5H11N3O3/c1-2-3-4-6-5(9)7-8(10)11/h2-4H2,1H3,(H2,6,7,9). The van der Waals surface area contributed by atoms with Gasteiger partial charge in [0.2, 0.25) is 0 Å². The fourth-order valence-electron chi connectivity index (χ4n) is 0.501. The lowest BCUT2D eigenvalue weighted by molar-refractivity contribution is -0.527. The molecule has 0 unspecified atom stereocenters. The molecular weight excluding hydrogens is 150 g/mol. The number of hydrogen-bond donors (Lipinski definition) is 2. The zero-order chi connectivity index (χ0) is 8.69. The molecule has 0 radical (unpaired) electrons. The molecule has 0 aromatic heterocycles. The highest BCUT2D eigenvalue weighted by atomic mass is 16.7. The van der Waals surface area contributed by atoms with Gasteiger partial charge in [-0.3, -0.25) is 0 Å². The number of amides is 2. The van der Waals surface area contributed by atoms with Crippen molar-refractivity contribution in [2.45, 2.75) is 19.8 Å². The summed E-state index contributed by atoms with van der Waals surface area (Å²) in [6, 6.07) is -0.761. The van der Waals surface area contributed by atoms with Crippen molar-refractivity contribution in [3.63, 3.8) is 0 Å². The fraction of sp³-hybridized carbons (Fsp3) is 0.800. The minimum Gasteiger partial charge on any atom is -0.334 e. The Morgan fingerprint density at radius 3 is 2.73 bits per heavy atom. The first kappa shape index (κ1) is 9.67. The number of nitrogens with one attached hydrogen (secondary N) is 2. The van der Waals surface area contributed by atoms with E-state index in [2.05, 4.69) is 5.32 Å². The average Bonchev–Trinajstić information content (AvgIpc) is 1.86. The number of nitro groups is 1. The topological polar surface area (TPSA) is 84.3 Å². The summed E-state index contributed by atoms with van der Waals surface area (Å²) >= 11 is 0. The Bertz CT molecular complexity index is 148. The van der Waals surface area contributed by atoms with Gasteiger partial charge in [0, 0.05) is 6.54 Å². The van der Waals surface area contributed by atoms with Gasteiger partial charge in [0.05, 0.1) is 0 Å². The second kappa shape index (κ2) is 5.45. The molecule has 0 saturated carbocycles.